The van der Waals surface area contributed by atoms with E-state index in [2.05, 4.69) is 4.72 Å². The Labute approximate surface area is 113 Å². The van der Waals surface area contributed by atoms with Crippen molar-refractivity contribution in [2.75, 3.05) is 6.54 Å². The SMILES string of the molecule is Cc1cc(F)cc(C)c1S(=O)(=O)N[C@@H](C)CN.Cl. The summed E-state index contributed by atoms with van der Waals surface area (Å²) in [4.78, 5) is 0.124. The molecule has 1 rings (SSSR count). The molecule has 0 aromatic heterocycles. The summed E-state index contributed by atoms with van der Waals surface area (Å²) in [5.74, 6) is -0.439. The third kappa shape index (κ3) is 3.91. The topological polar surface area (TPSA) is 72.2 Å². The molecule has 0 aliphatic rings. The number of nitrogens with one attached hydrogen (secondary N) is 1. The summed E-state index contributed by atoms with van der Waals surface area (Å²) in [7, 11) is -3.65. The highest BCUT2D eigenvalue weighted by Crippen LogP contribution is 2.21. The van der Waals surface area contributed by atoms with Crippen LogP contribution in [0.5, 0.6) is 0 Å². The largest absolute Gasteiger partial charge is 0.329 e. The molecule has 0 fully saturated rings. The second-order valence-corrected chi connectivity index (χ2v) is 5.78. The van der Waals surface area contributed by atoms with Gasteiger partial charge in [-0.15, -0.1) is 12.4 Å². The molecule has 3 N–H and O–H groups in total. The normalized spacial score (nSPS) is 12.9. The molecular formula is C11H18ClFN2O2S. The van der Waals surface area contributed by atoms with Crippen molar-refractivity contribution in [2.45, 2.75) is 31.7 Å². The van der Waals surface area contributed by atoms with Gasteiger partial charge >= 0.3 is 0 Å². The summed E-state index contributed by atoms with van der Waals surface area (Å²) < 4.78 is 39.7. The second kappa shape index (κ2) is 6.47. The lowest BCUT2D eigenvalue weighted by molar-refractivity contribution is 0.560. The summed E-state index contributed by atoms with van der Waals surface area (Å²) in [6, 6.07) is 2.05. The van der Waals surface area contributed by atoms with E-state index in [-0.39, 0.29) is 29.9 Å². The maximum absolute atomic E-state index is 13.1. The highest BCUT2D eigenvalue weighted by Gasteiger charge is 2.21. The van der Waals surface area contributed by atoms with Crippen LogP contribution in [-0.4, -0.2) is 21.0 Å². The van der Waals surface area contributed by atoms with Crippen LogP contribution in [0.2, 0.25) is 0 Å². The Morgan fingerprint density at radius 2 is 1.78 bits per heavy atom. The molecule has 1 atom stereocenters. The highest BCUT2D eigenvalue weighted by molar-refractivity contribution is 7.89. The van der Waals surface area contributed by atoms with Crippen LogP contribution in [0.3, 0.4) is 0 Å². The Bertz CT molecular complexity index is 497. The lowest BCUT2D eigenvalue weighted by atomic mass is 10.1. The molecule has 0 saturated carbocycles. The number of nitrogens with two attached hydrogens (primary N) is 1. The Hall–Kier alpha value is -0.690. The first kappa shape index (κ1) is 17.3. The maximum Gasteiger partial charge on any atom is 0.241 e. The lowest BCUT2D eigenvalue weighted by Gasteiger charge is -2.15. The monoisotopic (exact) mass is 296 g/mol. The van der Waals surface area contributed by atoms with Crippen LogP contribution in [-0.2, 0) is 10.0 Å². The molecule has 1 aromatic rings. The zero-order valence-electron chi connectivity index (χ0n) is 10.5. The predicted octanol–water partition coefficient (Wildman–Crippen LogP) is 1.49. The summed E-state index contributed by atoms with van der Waals surface area (Å²) >= 11 is 0. The summed E-state index contributed by atoms with van der Waals surface area (Å²) in [6.45, 7) is 5.01. The van der Waals surface area contributed by atoms with Gasteiger partial charge in [0.1, 0.15) is 5.82 Å². The van der Waals surface area contributed by atoms with Crippen molar-refractivity contribution in [3.8, 4) is 0 Å². The quantitative estimate of drug-likeness (QED) is 0.884. The van der Waals surface area contributed by atoms with Crippen molar-refractivity contribution in [3.05, 3.63) is 29.1 Å². The molecule has 0 spiro atoms. The highest BCUT2D eigenvalue weighted by atomic mass is 35.5. The third-order valence-electron chi connectivity index (χ3n) is 2.40. The van der Waals surface area contributed by atoms with E-state index >= 15 is 0 Å². The van der Waals surface area contributed by atoms with Crippen LogP contribution in [0.1, 0.15) is 18.1 Å². The van der Waals surface area contributed by atoms with Crippen LogP contribution in [0.4, 0.5) is 4.39 Å². The molecule has 0 amide bonds. The van der Waals surface area contributed by atoms with E-state index in [1.54, 1.807) is 20.8 Å². The Balaban J connectivity index is 0.00000289. The number of hydrogen-bond donors (Lipinski definition) is 2. The van der Waals surface area contributed by atoms with E-state index < -0.39 is 15.8 Å². The van der Waals surface area contributed by atoms with Crippen molar-refractivity contribution in [3.63, 3.8) is 0 Å². The van der Waals surface area contributed by atoms with E-state index in [0.29, 0.717) is 11.1 Å². The number of rotatable bonds is 4. The van der Waals surface area contributed by atoms with Crippen molar-refractivity contribution < 1.29 is 12.8 Å². The fraction of sp³-hybridized carbons (Fsp3) is 0.455. The molecule has 104 valence electrons. The van der Waals surface area contributed by atoms with E-state index in [1.807, 2.05) is 0 Å². The molecule has 0 radical (unpaired) electrons. The van der Waals surface area contributed by atoms with Gasteiger partial charge in [-0.3, -0.25) is 0 Å². The molecule has 18 heavy (non-hydrogen) atoms. The number of hydrogen-bond acceptors (Lipinski definition) is 3. The van der Waals surface area contributed by atoms with Crippen LogP contribution in [0.15, 0.2) is 17.0 Å². The molecule has 0 aliphatic heterocycles. The summed E-state index contributed by atoms with van der Waals surface area (Å²) in [5.41, 5.74) is 6.15. The minimum atomic E-state index is -3.65. The predicted molar refractivity (Wildman–Crippen MR) is 72.0 cm³/mol. The standard InChI is InChI=1S/C11H17FN2O2S.ClH/c1-7-4-10(12)5-8(2)11(7)17(15,16)14-9(3)6-13;/h4-5,9,14H,6,13H2,1-3H3;1H/t9-;/m0./s1. The van der Waals surface area contributed by atoms with Gasteiger partial charge in [0.05, 0.1) is 4.90 Å². The maximum atomic E-state index is 13.1. The minimum absolute atomic E-state index is 0. The number of benzene rings is 1. The van der Waals surface area contributed by atoms with Crippen molar-refractivity contribution >= 4 is 22.4 Å². The number of sulfonamides is 1. The molecule has 0 bridgehead atoms. The third-order valence-corrected chi connectivity index (χ3v) is 4.30. The van der Waals surface area contributed by atoms with Gasteiger partial charge in [-0.05, 0) is 44.0 Å². The van der Waals surface area contributed by atoms with Gasteiger partial charge in [0.25, 0.3) is 0 Å². The molecule has 4 nitrogen and oxygen atoms in total. The first-order valence-corrected chi connectivity index (χ1v) is 6.75. The van der Waals surface area contributed by atoms with Gasteiger partial charge < -0.3 is 5.73 Å². The van der Waals surface area contributed by atoms with Gasteiger partial charge in [-0.1, -0.05) is 0 Å². The second-order valence-electron chi connectivity index (χ2n) is 4.13. The molecule has 0 unspecified atom stereocenters. The van der Waals surface area contributed by atoms with Gasteiger partial charge in [0, 0.05) is 12.6 Å². The van der Waals surface area contributed by atoms with Gasteiger partial charge in [-0.2, -0.15) is 0 Å². The number of aryl methyl sites for hydroxylation is 2. The zero-order chi connectivity index (χ0) is 13.2. The fourth-order valence-electron chi connectivity index (χ4n) is 1.69. The van der Waals surface area contributed by atoms with Crippen molar-refractivity contribution in [1.29, 1.82) is 0 Å². The van der Waals surface area contributed by atoms with Crippen LogP contribution in [0.25, 0.3) is 0 Å². The van der Waals surface area contributed by atoms with Crippen LogP contribution in [0, 0.1) is 19.7 Å². The molecule has 0 aliphatic carbocycles. The van der Waals surface area contributed by atoms with Gasteiger partial charge in [0.2, 0.25) is 10.0 Å². The van der Waals surface area contributed by atoms with Crippen LogP contribution < -0.4 is 10.5 Å². The minimum Gasteiger partial charge on any atom is -0.329 e. The van der Waals surface area contributed by atoms with Gasteiger partial charge in [0.15, 0.2) is 0 Å². The van der Waals surface area contributed by atoms with E-state index in [0.717, 1.165) is 0 Å². The van der Waals surface area contributed by atoms with E-state index in [9.17, 15) is 12.8 Å². The lowest BCUT2D eigenvalue weighted by Crippen LogP contribution is -2.38. The number of halogens is 2. The average Bonchev–Trinajstić information content (AvgIpc) is 2.14. The van der Waals surface area contributed by atoms with E-state index in [1.165, 1.54) is 12.1 Å². The first-order valence-electron chi connectivity index (χ1n) is 5.27. The summed E-state index contributed by atoms with van der Waals surface area (Å²) in [5, 5.41) is 0. The first-order chi connectivity index (χ1) is 7.77. The van der Waals surface area contributed by atoms with Gasteiger partial charge in [-0.25, -0.2) is 17.5 Å². The van der Waals surface area contributed by atoms with Crippen molar-refractivity contribution in [2.24, 2.45) is 5.73 Å². The summed E-state index contributed by atoms with van der Waals surface area (Å²) in [6.07, 6.45) is 0. The van der Waals surface area contributed by atoms with E-state index in [4.69, 9.17) is 5.73 Å². The molecule has 7 heteroatoms. The Morgan fingerprint density at radius 1 is 1.33 bits per heavy atom. The molecule has 0 saturated heterocycles. The zero-order valence-corrected chi connectivity index (χ0v) is 12.2. The smallest absolute Gasteiger partial charge is 0.241 e. The molecule has 1 aromatic carbocycles. The molecule has 0 heterocycles. The Morgan fingerprint density at radius 3 is 2.17 bits per heavy atom. The van der Waals surface area contributed by atoms with Crippen molar-refractivity contribution in [1.82, 2.24) is 4.72 Å². The fourth-order valence-corrected chi connectivity index (χ4v) is 3.40. The molecular weight excluding hydrogens is 279 g/mol. The average molecular weight is 297 g/mol. The Kier molecular flexibility index (Phi) is 6.22. The van der Waals surface area contributed by atoms with Crippen LogP contribution >= 0.6 is 12.4 Å².